The summed E-state index contributed by atoms with van der Waals surface area (Å²) in [5.74, 6) is -0.379. The Morgan fingerprint density at radius 1 is 1.42 bits per heavy atom. The maximum Gasteiger partial charge on any atom is 0.230 e. The zero-order valence-corrected chi connectivity index (χ0v) is 12.3. The Morgan fingerprint density at radius 2 is 2.11 bits per heavy atom. The summed E-state index contributed by atoms with van der Waals surface area (Å²) in [6.07, 6.45) is 5.71. The van der Waals surface area contributed by atoms with Crippen molar-refractivity contribution in [2.45, 2.75) is 12.5 Å². The van der Waals surface area contributed by atoms with E-state index in [0.29, 0.717) is 6.42 Å². The van der Waals surface area contributed by atoms with Crippen LogP contribution in [0, 0.1) is 5.41 Å². The van der Waals surface area contributed by atoms with Gasteiger partial charge in [-0.2, -0.15) is 0 Å². The highest BCUT2D eigenvalue weighted by Gasteiger charge is 2.43. The van der Waals surface area contributed by atoms with Crippen molar-refractivity contribution < 1.29 is 9.53 Å². The predicted molar refractivity (Wildman–Crippen MR) is 78.7 cm³/mol. The molecule has 0 bridgehead atoms. The van der Waals surface area contributed by atoms with Crippen molar-refractivity contribution in [1.82, 2.24) is 0 Å². The monoisotopic (exact) mass is 321 g/mol. The SMILES string of the molecule is COC1C=C(Br)C=CC1(Cc1ccccc1)C(N)=O. The molecular formula is C15H16BrNO2. The summed E-state index contributed by atoms with van der Waals surface area (Å²) >= 11 is 3.40. The van der Waals surface area contributed by atoms with Gasteiger partial charge in [-0.1, -0.05) is 58.4 Å². The van der Waals surface area contributed by atoms with Crippen molar-refractivity contribution in [2.75, 3.05) is 7.11 Å². The minimum absolute atomic E-state index is 0.371. The number of amides is 1. The highest BCUT2D eigenvalue weighted by atomic mass is 79.9. The molecule has 0 radical (unpaired) electrons. The molecule has 0 spiro atoms. The minimum Gasteiger partial charge on any atom is -0.376 e. The van der Waals surface area contributed by atoms with E-state index in [1.807, 2.05) is 48.6 Å². The van der Waals surface area contributed by atoms with Crippen molar-refractivity contribution in [3.63, 3.8) is 0 Å². The molecule has 0 saturated heterocycles. The summed E-state index contributed by atoms with van der Waals surface area (Å²) in [5, 5.41) is 0. The highest BCUT2D eigenvalue weighted by molar-refractivity contribution is 9.11. The van der Waals surface area contributed by atoms with Gasteiger partial charge < -0.3 is 10.5 Å². The lowest BCUT2D eigenvalue weighted by Gasteiger charge is -2.35. The lowest BCUT2D eigenvalue weighted by atomic mass is 9.73. The fourth-order valence-corrected chi connectivity index (χ4v) is 2.73. The number of methoxy groups -OCH3 is 1. The van der Waals surface area contributed by atoms with Gasteiger partial charge in [-0.25, -0.2) is 0 Å². The topological polar surface area (TPSA) is 52.3 Å². The molecular weight excluding hydrogens is 306 g/mol. The van der Waals surface area contributed by atoms with Crippen LogP contribution in [0.2, 0.25) is 0 Å². The lowest BCUT2D eigenvalue weighted by molar-refractivity contribution is -0.130. The van der Waals surface area contributed by atoms with Crippen LogP contribution in [0.4, 0.5) is 0 Å². The van der Waals surface area contributed by atoms with Gasteiger partial charge in [-0.05, 0) is 18.1 Å². The first-order valence-corrected chi connectivity index (χ1v) is 6.81. The van der Waals surface area contributed by atoms with Crippen molar-refractivity contribution in [3.8, 4) is 0 Å². The number of primary amides is 1. The van der Waals surface area contributed by atoms with Gasteiger partial charge in [0.25, 0.3) is 0 Å². The number of benzene rings is 1. The molecule has 1 aliphatic carbocycles. The maximum absolute atomic E-state index is 12.0. The van der Waals surface area contributed by atoms with Crippen molar-refractivity contribution in [1.29, 1.82) is 0 Å². The number of ether oxygens (including phenoxy) is 1. The van der Waals surface area contributed by atoms with Crippen molar-refractivity contribution in [3.05, 3.63) is 58.6 Å². The van der Waals surface area contributed by atoms with Gasteiger partial charge >= 0.3 is 0 Å². The van der Waals surface area contributed by atoms with E-state index in [1.165, 1.54) is 0 Å². The first kappa shape index (κ1) is 14.0. The molecule has 1 amide bonds. The molecule has 1 aromatic carbocycles. The quantitative estimate of drug-likeness (QED) is 0.926. The molecule has 0 aliphatic heterocycles. The van der Waals surface area contributed by atoms with Gasteiger partial charge in [0.15, 0.2) is 0 Å². The van der Waals surface area contributed by atoms with E-state index in [-0.39, 0.29) is 12.0 Å². The van der Waals surface area contributed by atoms with Crippen LogP contribution < -0.4 is 5.73 Å². The Kier molecular flexibility index (Phi) is 4.22. The molecule has 0 heterocycles. The first-order valence-electron chi connectivity index (χ1n) is 6.01. The average molecular weight is 322 g/mol. The first-order chi connectivity index (χ1) is 9.08. The number of allylic oxidation sites excluding steroid dienone is 2. The summed E-state index contributed by atoms with van der Waals surface area (Å²) in [5.41, 5.74) is 5.86. The summed E-state index contributed by atoms with van der Waals surface area (Å²) in [6.45, 7) is 0. The fraction of sp³-hybridized carbons (Fsp3) is 0.267. The van der Waals surface area contributed by atoms with Crippen LogP contribution in [0.15, 0.2) is 53.0 Å². The van der Waals surface area contributed by atoms with Crippen LogP contribution in [0.5, 0.6) is 0 Å². The number of rotatable bonds is 4. The zero-order chi connectivity index (χ0) is 13.9. The second-order valence-electron chi connectivity index (χ2n) is 4.61. The Hall–Kier alpha value is -1.39. The number of hydrogen-bond donors (Lipinski definition) is 1. The third-order valence-electron chi connectivity index (χ3n) is 3.41. The van der Waals surface area contributed by atoms with Gasteiger partial charge in [0.05, 0.1) is 6.10 Å². The molecule has 0 aromatic heterocycles. The fourth-order valence-electron chi connectivity index (χ4n) is 2.35. The Morgan fingerprint density at radius 3 is 2.68 bits per heavy atom. The normalized spacial score (nSPS) is 26.0. The van der Waals surface area contributed by atoms with Crippen LogP contribution in [0.1, 0.15) is 5.56 Å². The van der Waals surface area contributed by atoms with Crippen LogP contribution in [0.25, 0.3) is 0 Å². The maximum atomic E-state index is 12.0. The smallest absolute Gasteiger partial charge is 0.230 e. The molecule has 2 rings (SSSR count). The van der Waals surface area contributed by atoms with Crippen LogP contribution >= 0.6 is 15.9 Å². The second-order valence-corrected chi connectivity index (χ2v) is 5.52. The third kappa shape index (κ3) is 2.80. The molecule has 19 heavy (non-hydrogen) atoms. The number of carbonyl (C=O) groups excluding carboxylic acids is 1. The molecule has 1 aliphatic rings. The van der Waals surface area contributed by atoms with Crippen LogP contribution in [-0.4, -0.2) is 19.1 Å². The number of halogens is 1. The summed E-state index contributed by atoms with van der Waals surface area (Å²) < 4.78 is 6.35. The molecule has 2 atom stereocenters. The molecule has 100 valence electrons. The van der Waals surface area contributed by atoms with Crippen LogP contribution in [0.3, 0.4) is 0 Å². The Balaban J connectivity index is 2.39. The molecule has 2 N–H and O–H groups in total. The molecule has 2 unspecified atom stereocenters. The van der Waals surface area contributed by atoms with E-state index in [2.05, 4.69) is 15.9 Å². The number of nitrogens with two attached hydrogens (primary N) is 1. The molecule has 0 fully saturated rings. The zero-order valence-electron chi connectivity index (χ0n) is 10.7. The van der Waals surface area contributed by atoms with E-state index >= 15 is 0 Å². The van der Waals surface area contributed by atoms with Gasteiger partial charge in [0, 0.05) is 11.6 Å². The highest BCUT2D eigenvalue weighted by Crippen LogP contribution is 2.36. The summed E-state index contributed by atoms with van der Waals surface area (Å²) in [4.78, 5) is 12.0. The minimum atomic E-state index is -0.840. The largest absolute Gasteiger partial charge is 0.376 e. The van der Waals surface area contributed by atoms with E-state index in [9.17, 15) is 4.79 Å². The molecule has 0 saturated carbocycles. The standard InChI is InChI=1S/C15H16BrNO2/c1-19-13-9-12(16)7-8-15(13,14(17)18)10-11-5-3-2-4-6-11/h2-9,13H,10H2,1H3,(H2,17,18). The van der Waals surface area contributed by atoms with E-state index in [4.69, 9.17) is 10.5 Å². The van der Waals surface area contributed by atoms with Crippen LogP contribution in [-0.2, 0) is 16.0 Å². The van der Waals surface area contributed by atoms with E-state index in [0.717, 1.165) is 10.0 Å². The lowest BCUT2D eigenvalue weighted by Crippen LogP contribution is -2.47. The van der Waals surface area contributed by atoms with Gasteiger partial charge in [0.1, 0.15) is 5.41 Å². The van der Waals surface area contributed by atoms with E-state index < -0.39 is 5.41 Å². The summed E-state index contributed by atoms with van der Waals surface area (Å²) in [6, 6.07) is 9.81. The van der Waals surface area contributed by atoms with Crippen molar-refractivity contribution >= 4 is 21.8 Å². The number of carbonyl (C=O) groups is 1. The average Bonchev–Trinajstić information content (AvgIpc) is 2.41. The number of hydrogen-bond acceptors (Lipinski definition) is 2. The van der Waals surface area contributed by atoms with Gasteiger partial charge in [-0.3, -0.25) is 4.79 Å². The van der Waals surface area contributed by atoms with E-state index in [1.54, 1.807) is 7.11 Å². The predicted octanol–water partition coefficient (Wildman–Crippen LogP) is 2.56. The molecule has 4 heteroatoms. The third-order valence-corrected chi connectivity index (χ3v) is 3.94. The molecule has 1 aromatic rings. The molecule has 3 nitrogen and oxygen atoms in total. The Labute approximate surface area is 121 Å². The van der Waals surface area contributed by atoms with Gasteiger partial charge in [0.2, 0.25) is 5.91 Å². The van der Waals surface area contributed by atoms with Gasteiger partial charge in [-0.15, -0.1) is 0 Å². The summed E-state index contributed by atoms with van der Waals surface area (Å²) in [7, 11) is 1.59. The second kappa shape index (κ2) is 5.72. The Bertz CT molecular complexity index is 524. The van der Waals surface area contributed by atoms with Crippen molar-refractivity contribution in [2.24, 2.45) is 11.1 Å².